The number of nitrogens with zero attached hydrogens (tertiary/aromatic N) is 2. The fourth-order valence-corrected chi connectivity index (χ4v) is 5.72. The van der Waals surface area contributed by atoms with Crippen molar-refractivity contribution in [2.75, 3.05) is 65.6 Å². The zero-order valence-electron chi connectivity index (χ0n) is 31.4. The van der Waals surface area contributed by atoms with Crippen LogP contribution in [-0.2, 0) is 28.5 Å². The Hall–Kier alpha value is -2.60. The Balaban J connectivity index is 2.26. The Morgan fingerprint density at radius 3 is 1.65 bits per heavy atom. The summed E-state index contributed by atoms with van der Waals surface area (Å²) >= 11 is 0. The molecule has 49 heavy (non-hydrogen) atoms. The maximum atomic E-state index is 12.5. The highest BCUT2D eigenvalue weighted by Crippen LogP contribution is 2.13. The van der Waals surface area contributed by atoms with Gasteiger partial charge in [-0.15, -0.1) is 0 Å². The lowest BCUT2D eigenvalue weighted by Gasteiger charge is -2.24. The van der Waals surface area contributed by atoms with Crippen LogP contribution >= 0.6 is 0 Å². The van der Waals surface area contributed by atoms with Gasteiger partial charge in [-0.2, -0.15) is 0 Å². The van der Waals surface area contributed by atoms with Gasteiger partial charge in [0.25, 0.3) is 0 Å². The molecule has 1 rings (SSSR count). The molecule has 0 saturated carbocycles. The fourth-order valence-electron chi connectivity index (χ4n) is 5.72. The normalized spacial score (nSPS) is 14.3. The quantitative estimate of drug-likeness (QED) is 0.0480. The number of carbonyl (C=O) groups excluding carboxylic acids is 4. The molecule has 2 atom stereocenters. The Bertz CT molecular complexity index is 871. The highest BCUT2D eigenvalue weighted by molar-refractivity contribution is 5.70. The maximum Gasteiger partial charge on any atom is 0.407 e. The van der Waals surface area contributed by atoms with Gasteiger partial charge in [0.2, 0.25) is 0 Å². The molecule has 0 aromatic rings. The van der Waals surface area contributed by atoms with Crippen LogP contribution < -0.4 is 10.6 Å². The Kier molecular flexibility index (Phi) is 27.4. The molecule has 1 aliphatic rings. The third-order valence-corrected chi connectivity index (χ3v) is 8.85. The second-order valence-corrected chi connectivity index (χ2v) is 13.1. The van der Waals surface area contributed by atoms with Crippen molar-refractivity contribution in [1.82, 2.24) is 20.4 Å². The van der Waals surface area contributed by atoms with E-state index in [1.54, 1.807) is 0 Å². The second-order valence-electron chi connectivity index (χ2n) is 13.1. The first-order chi connectivity index (χ1) is 23.8. The standard InChI is InChI=1S/C37H70N4O8/c1-5-9-10-11-12-13-19-33(8-4)49-37(45)39-23-17-31-47-35(43)21-27-41(29-28-40-24-14-15-25-40)26-20-34(42)46-30-16-22-38-36(44)48-32(7-3)18-6-2/h32-33H,5-31H2,1-4H3,(H,38,44)(H,39,45). The van der Waals surface area contributed by atoms with Crippen molar-refractivity contribution in [3.8, 4) is 0 Å². The molecule has 12 nitrogen and oxygen atoms in total. The number of unbranched alkanes of at least 4 members (excludes halogenated alkanes) is 5. The van der Waals surface area contributed by atoms with E-state index in [0.717, 1.165) is 64.7 Å². The van der Waals surface area contributed by atoms with Gasteiger partial charge in [-0.1, -0.05) is 66.2 Å². The van der Waals surface area contributed by atoms with E-state index in [1.807, 2.05) is 13.8 Å². The van der Waals surface area contributed by atoms with Gasteiger partial charge >= 0.3 is 24.1 Å². The van der Waals surface area contributed by atoms with E-state index in [-0.39, 0.29) is 50.2 Å². The molecular formula is C37H70N4O8. The first-order valence-corrected chi connectivity index (χ1v) is 19.5. The molecule has 0 aromatic heterocycles. The van der Waals surface area contributed by atoms with Crippen molar-refractivity contribution in [3.63, 3.8) is 0 Å². The van der Waals surface area contributed by atoms with Crippen LogP contribution in [0.3, 0.4) is 0 Å². The summed E-state index contributed by atoms with van der Waals surface area (Å²) in [6.45, 7) is 14.3. The van der Waals surface area contributed by atoms with E-state index >= 15 is 0 Å². The molecule has 2 N–H and O–H groups in total. The third kappa shape index (κ3) is 25.1. The average Bonchev–Trinajstić information content (AvgIpc) is 3.62. The zero-order chi connectivity index (χ0) is 36.0. The van der Waals surface area contributed by atoms with Gasteiger partial charge in [-0.05, 0) is 70.9 Å². The number of hydrogen-bond acceptors (Lipinski definition) is 10. The van der Waals surface area contributed by atoms with Gasteiger partial charge in [0.05, 0.1) is 26.1 Å². The lowest BCUT2D eigenvalue weighted by molar-refractivity contribution is -0.144. The molecule has 2 unspecified atom stereocenters. The highest BCUT2D eigenvalue weighted by atomic mass is 16.6. The maximum absolute atomic E-state index is 12.5. The van der Waals surface area contributed by atoms with Crippen LogP contribution in [0.25, 0.3) is 0 Å². The number of rotatable bonds is 30. The molecule has 1 heterocycles. The van der Waals surface area contributed by atoms with Crippen molar-refractivity contribution >= 4 is 24.1 Å². The van der Waals surface area contributed by atoms with Crippen LogP contribution in [0.1, 0.15) is 137 Å². The van der Waals surface area contributed by atoms with Crippen molar-refractivity contribution in [2.45, 2.75) is 149 Å². The predicted molar refractivity (Wildman–Crippen MR) is 193 cm³/mol. The van der Waals surface area contributed by atoms with Crippen molar-refractivity contribution in [3.05, 3.63) is 0 Å². The number of hydrogen-bond donors (Lipinski definition) is 2. The molecule has 0 radical (unpaired) electrons. The summed E-state index contributed by atoms with van der Waals surface area (Å²) in [6, 6.07) is 0. The SMILES string of the molecule is CCCCCCCCC(CC)OC(=O)NCCCOC(=O)CCN(CCC(=O)OCCCNC(=O)OC(CC)CCC)CCN1CCCC1. The van der Waals surface area contributed by atoms with Gasteiger partial charge in [0.15, 0.2) is 0 Å². The molecule has 0 aliphatic carbocycles. The largest absolute Gasteiger partial charge is 0.466 e. The van der Waals surface area contributed by atoms with E-state index in [2.05, 4.69) is 34.3 Å². The monoisotopic (exact) mass is 699 g/mol. The van der Waals surface area contributed by atoms with Gasteiger partial charge in [-0.25, -0.2) is 9.59 Å². The minimum absolute atomic E-state index is 0.0668. The Labute approximate surface area is 297 Å². The van der Waals surface area contributed by atoms with Crippen LogP contribution in [0, 0.1) is 0 Å². The summed E-state index contributed by atoms with van der Waals surface area (Å²) in [5.41, 5.74) is 0. The third-order valence-electron chi connectivity index (χ3n) is 8.85. The number of likely N-dealkylation sites (tertiary alicyclic amines) is 1. The zero-order valence-corrected chi connectivity index (χ0v) is 31.4. The number of amides is 2. The topological polar surface area (TPSA) is 136 Å². The first kappa shape index (κ1) is 44.4. The van der Waals surface area contributed by atoms with Crippen molar-refractivity contribution in [2.24, 2.45) is 0 Å². The summed E-state index contributed by atoms with van der Waals surface area (Å²) in [5.74, 6) is -0.601. The minimum atomic E-state index is -0.436. The summed E-state index contributed by atoms with van der Waals surface area (Å²) in [6.07, 6.45) is 14.4. The van der Waals surface area contributed by atoms with Crippen molar-refractivity contribution in [1.29, 1.82) is 0 Å². The summed E-state index contributed by atoms with van der Waals surface area (Å²) in [7, 11) is 0. The van der Waals surface area contributed by atoms with Crippen molar-refractivity contribution < 1.29 is 38.1 Å². The molecule has 0 bridgehead atoms. The second kappa shape index (κ2) is 30.2. The molecule has 0 spiro atoms. The molecular weight excluding hydrogens is 628 g/mol. The van der Waals surface area contributed by atoms with Crippen LogP contribution in [0.5, 0.6) is 0 Å². The van der Waals surface area contributed by atoms with Crippen LogP contribution in [-0.4, -0.2) is 112 Å². The van der Waals surface area contributed by atoms with Crippen LogP contribution in [0.2, 0.25) is 0 Å². The molecule has 1 saturated heterocycles. The first-order valence-electron chi connectivity index (χ1n) is 19.5. The predicted octanol–water partition coefficient (Wildman–Crippen LogP) is 6.59. The Morgan fingerprint density at radius 1 is 0.633 bits per heavy atom. The van der Waals surface area contributed by atoms with Crippen LogP contribution in [0.4, 0.5) is 9.59 Å². The number of carbonyl (C=O) groups is 4. The Morgan fingerprint density at radius 2 is 1.14 bits per heavy atom. The summed E-state index contributed by atoms with van der Waals surface area (Å²) in [4.78, 5) is 53.5. The highest BCUT2D eigenvalue weighted by Gasteiger charge is 2.17. The van der Waals surface area contributed by atoms with Gasteiger partial charge in [0, 0.05) is 39.3 Å². The van der Waals surface area contributed by atoms with E-state index in [9.17, 15) is 19.2 Å². The van der Waals surface area contributed by atoms with Gasteiger partial charge in [0.1, 0.15) is 12.2 Å². The minimum Gasteiger partial charge on any atom is -0.466 e. The number of nitrogens with one attached hydrogen (secondary N) is 2. The molecule has 1 fully saturated rings. The van der Waals surface area contributed by atoms with E-state index in [4.69, 9.17) is 18.9 Å². The molecule has 0 aromatic carbocycles. The molecule has 1 aliphatic heterocycles. The van der Waals surface area contributed by atoms with Gasteiger partial charge < -0.3 is 39.4 Å². The average molecular weight is 699 g/mol. The molecule has 2 amide bonds. The summed E-state index contributed by atoms with van der Waals surface area (Å²) in [5, 5.41) is 5.48. The van der Waals surface area contributed by atoms with E-state index in [1.165, 1.54) is 44.9 Å². The number of ether oxygens (including phenoxy) is 4. The lowest BCUT2D eigenvalue weighted by atomic mass is 10.1. The fraction of sp³-hybridized carbons (Fsp3) is 0.892. The van der Waals surface area contributed by atoms with Crippen LogP contribution in [0.15, 0.2) is 0 Å². The lowest BCUT2D eigenvalue weighted by Crippen LogP contribution is -2.36. The molecule has 12 heteroatoms. The van der Waals surface area contributed by atoms with E-state index in [0.29, 0.717) is 39.0 Å². The van der Waals surface area contributed by atoms with Gasteiger partial charge in [-0.3, -0.25) is 9.59 Å². The smallest absolute Gasteiger partial charge is 0.407 e. The number of alkyl carbamates (subject to hydrolysis) is 2. The summed E-state index contributed by atoms with van der Waals surface area (Å²) < 4.78 is 21.7. The number of esters is 2. The van der Waals surface area contributed by atoms with E-state index < -0.39 is 12.2 Å². The molecule has 286 valence electrons.